The number of thiophene rings is 1. The summed E-state index contributed by atoms with van der Waals surface area (Å²) in [5, 5.41) is 5.14. The zero-order valence-corrected chi connectivity index (χ0v) is 20.5. The highest BCUT2D eigenvalue weighted by molar-refractivity contribution is 9.10. The summed E-state index contributed by atoms with van der Waals surface area (Å²) in [7, 11) is 0. The minimum atomic E-state index is -0.464. The summed E-state index contributed by atoms with van der Waals surface area (Å²) in [5.41, 5.74) is 3.88. The lowest BCUT2D eigenvalue weighted by Crippen LogP contribution is -2.12. The first kappa shape index (κ1) is 23.8. The lowest BCUT2D eigenvalue weighted by molar-refractivity contribution is -0.111. The summed E-state index contributed by atoms with van der Waals surface area (Å²) >= 11 is 4.73. The van der Waals surface area contributed by atoms with E-state index in [-0.39, 0.29) is 12.5 Å². The van der Waals surface area contributed by atoms with Gasteiger partial charge in [-0.15, -0.1) is 11.3 Å². The molecule has 0 spiro atoms. The molecule has 2 aromatic carbocycles. The molecule has 1 N–H and O–H groups in total. The van der Waals surface area contributed by atoms with E-state index in [1.165, 1.54) is 17.4 Å². The monoisotopic (exact) mass is 513 g/mol. The molecule has 1 heterocycles. The number of anilines is 1. The lowest BCUT2D eigenvalue weighted by Gasteiger charge is -2.09. The number of nitrogens with one attached hydrogen (secondary N) is 1. The third-order valence-corrected chi connectivity index (χ3v) is 5.94. The standard InChI is InChI=1S/C25H24BrNO4S/c1-4-30-21-12-11-19(26)14-18(21)10-13-22(28)27-24-23(25(29)31-5-2)20(15-32-24)17-8-6-16(3)7-9-17/h6-15H,4-5H2,1-3H3,(H,27,28)/b13-10+. The Morgan fingerprint density at radius 3 is 2.53 bits per heavy atom. The van der Waals surface area contributed by atoms with Crippen molar-refractivity contribution in [2.45, 2.75) is 20.8 Å². The van der Waals surface area contributed by atoms with Crippen molar-refractivity contribution < 1.29 is 19.1 Å². The van der Waals surface area contributed by atoms with Crippen LogP contribution in [0.1, 0.15) is 35.3 Å². The van der Waals surface area contributed by atoms with Crippen LogP contribution in [0.4, 0.5) is 5.00 Å². The Hall–Kier alpha value is -2.90. The number of carbonyl (C=O) groups excluding carboxylic acids is 2. The highest BCUT2D eigenvalue weighted by Gasteiger charge is 2.22. The van der Waals surface area contributed by atoms with Gasteiger partial charge in [-0.2, -0.15) is 0 Å². The van der Waals surface area contributed by atoms with Crippen molar-refractivity contribution in [1.29, 1.82) is 0 Å². The molecule has 0 radical (unpaired) electrons. The molecular formula is C25H24BrNO4S. The van der Waals surface area contributed by atoms with Gasteiger partial charge in [0.1, 0.15) is 16.3 Å². The fourth-order valence-corrected chi connectivity index (χ4v) is 4.40. The number of benzene rings is 2. The van der Waals surface area contributed by atoms with Gasteiger partial charge in [0.25, 0.3) is 0 Å². The van der Waals surface area contributed by atoms with Gasteiger partial charge in [-0.1, -0.05) is 45.8 Å². The third kappa shape index (κ3) is 5.87. The summed E-state index contributed by atoms with van der Waals surface area (Å²) in [4.78, 5) is 25.4. The largest absolute Gasteiger partial charge is 0.493 e. The molecule has 0 aliphatic rings. The molecule has 0 saturated carbocycles. The van der Waals surface area contributed by atoms with E-state index in [9.17, 15) is 9.59 Å². The van der Waals surface area contributed by atoms with E-state index in [4.69, 9.17) is 9.47 Å². The first-order valence-corrected chi connectivity index (χ1v) is 11.9. The number of ether oxygens (including phenoxy) is 2. The van der Waals surface area contributed by atoms with Gasteiger partial charge in [-0.05, 0) is 50.6 Å². The SMILES string of the molecule is CCOC(=O)c1c(-c2ccc(C)cc2)csc1NC(=O)/C=C/c1cc(Br)ccc1OCC. The Labute approximate surface area is 200 Å². The maximum absolute atomic E-state index is 12.7. The van der Waals surface area contributed by atoms with Crippen LogP contribution in [0.5, 0.6) is 5.75 Å². The predicted octanol–water partition coefficient (Wildman–Crippen LogP) is 6.71. The highest BCUT2D eigenvalue weighted by atomic mass is 79.9. The van der Waals surface area contributed by atoms with Crippen molar-refractivity contribution in [3.63, 3.8) is 0 Å². The molecule has 32 heavy (non-hydrogen) atoms. The zero-order chi connectivity index (χ0) is 23.1. The van der Waals surface area contributed by atoms with Gasteiger partial charge in [0.05, 0.1) is 13.2 Å². The molecule has 1 amide bonds. The summed E-state index contributed by atoms with van der Waals surface area (Å²) in [6.45, 7) is 6.43. The second kappa shape index (κ2) is 11.1. The number of halogens is 1. The van der Waals surface area contributed by atoms with E-state index in [0.717, 1.165) is 26.7 Å². The Balaban J connectivity index is 1.87. The average Bonchev–Trinajstić information content (AvgIpc) is 3.18. The third-order valence-electron chi connectivity index (χ3n) is 4.56. The smallest absolute Gasteiger partial charge is 0.341 e. The number of rotatable bonds is 8. The first-order valence-electron chi connectivity index (χ1n) is 10.2. The number of carbonyl (C=O) groups is 2. The fraction of sp³-hybridized carbons (Fsp3) is 0.200. The zero-order valence-electron chi connectivity index (χ0n) is 18.1. The summed E-state index contributed by atoms with van der Waals surface area (Å²) < 4.78 is 11.8. The summed E-state index contributed by atoms with van der Waals surface area (Å²) in [6.07, 6.45) is 3.11. The van der Waals surface area contributed by atoms with Crippen molar-refractivity contribution in [2.24, 2.45) is 0 Å². The molecule has 0 aliphatic heterocycles. The van der Waals surface area contributed by atoms with E-state index in [1.807, 2.05) is 61.7 Å². The molecule has 166 valence electrons. The number of aryl methyl sites for hydroxylation is 1. The molecular weight excluding hydrogens is 490 g/mol. The van der Waals surface area contributed by atoms with Gasteiger partial charge in [-0.25, -0.2) is 4.79 Å². The average molecular weight is 514 g/mol. The quantitative estimate of drug-likeness (QED) is 0.268. The lowest BCUT2D eigenvalue weighted by atomic mass is 10.0. The van der Waals surface area contributed by atoms with E-state index in [0.29, 0.717) is 22.9 Å². The number of amides is 1. The van der Waals surface area contributed by atoms with Crippen molar-refractivity contribution >= 4 is 50.2 Å². The van der Waals surface area contributed by atoms with E-state index in [1.54, 1.807) is 13.0 Å². The Morgan fingerprint density at radius 2 is 1.84 bits per heavy atom. The summed E-state index contributed by atoms with van der Waals surface area (Å²) in [6, 6.07) is 13.5. The molecule has 0 aliphatic carbocycles. The Morgan fingerprint density at radius 1 is 1.09 bits per heavy atom. The van der Waals surface area contributed by atoms with Crippen LogP contribution in [0.25, 0.3) is 17.2 Å². The maximum atomic E-state index is 12.7. The second-order valence-electron chi connectivity index (χ2n) is 6.88. The molecule has 0 unspecified atom stereocenters. The molecule has 5 nitrogen and oxygen atoms in total. The fourth-order valence-electron chi connectivity index (χ4n) is 3.06. The van der Waals surface area contributed by atoms with E-state index < -0.39 is 5.97 Å². The van der Waals surface area contributed by atoms with Crippen LogP contribution in [0.15, 0.2) is 58.4 Å². The van der Waals surface area contributed by atoms with Crippen molar-refractivity contribution in [3.05, 3.63) is 75.1 Å². The van der Waals surface area contributed by atoms with Crippen molar-refractivity contribution in [1.82, 2.24) is 0 Å². The van der Waals surface area contributed by atoms with Crippen molar-refractivity contribution in [2.75, 3.05) is 18.5 Å². The van der Waals surface area contributed by atoms with Crippen LogP contribution in [0.3, 0.4) is 0 Å². The number of esters is 1. The first-order chi connectivity index (χ1) is 15.4. The van der Waals surface area contributed by atoms with Crippen LogP contribution in [-0.2, 0) is 9.53 Å². The summed E-state index contributed by atoms with van der Waals surface area (Å²) in [5.74, 6) is -0.130. The molecule has 0 saturated heterocycles. The molecule has 1 aromatic heterocycles. The highest BCUT2D eigenvalue weighted by Crippen LogP contribution is 2.36. The molecule has 3 rings (SSSR count). The maximum Gasteiger partial charge on any atom is 0.341 e. The van der Waals surface area contributed by atoms with Crippen LogP contribution in [0.2, 0.25) is 0 Å². The normalized spacial score (nSPS) is 10.9. The minimum absolute atomic E-state index is 0.248. The Bertz CT molecular complexity index is 1140. The van der Waals surface area contributed by atoms with E-state index in [2.05, 4.69) is 21.2 Å². The topological polar surface area (TPSA) is 64.6 Å². The Kier molecular flexibility index (Phi) is 8.25. The second-order valence-corrected chi connectivity index (χ2v) is 8.67. The van der Waals surface area contributed by atoms with Crippen LogP contribution >= 0.6 is 27.3 Å². The van der Waals surface area contributed by atoms with Gasteiger partial charge in [0.2, 0.25) is 5.91 Å². The molecule has 0 fully saturated rings. The molecule has 0 atom stereocenters. The van der Waals surface area contributed by atoms with Crippen LogP contribution in [-0.4, -0.2) is 25.1 Å². The van der Waals surface area contributed by atoms with Gasteiger partial charge in [-0.3, -0.25) is 4.79 Å². The van der Waals surface area contributed by atoms with Crippen LogP contribution < -0.4 is 10.1 Å². The van der Waals surface area contributed by atoms with E-state index >= 15 is 0 Å². The molecule has 7 heteroatoms. The number of hydrogen-bond acceptors (Lipinski definition) is 5. The van der Waals surface area contributed by atoms with Crippen LogP contribution in [0, 0.1) is 6.92 Å². The van der Waals surface area contributed by atoms with Gasteiger partial charge >= 0.3 is 5.97 Å². The molecule has 3 aromatic rings. The van der Waals surface area contributed by atoms with Gasteiger partial charge in [0, 0.05) is 27.1 Å². The predicted molar refractivity (Wildman–Crippen MR) is 133 cm³/mol. The van der Waals surface area contributed by atoms with Gasteiger partial charge < -0.3 is 14.8 Å². The molecule has 0 bridgehead atoms. The van der Waals surface area contributed by atoms with Crippen molar-refractivity contribution in [3.8, 4) is 16.9 Å². The minimum Gasteiger partial charge on any atom is -0.493 e. The number of hydrogen-bond donors (Lipinski definition) is 1. The van der Waals surface area contributed by atoms with Gasteiger partial charge in [0.15, 0.2) is 0 Å².